The zero-order valence-electron chi connectivity index (χ0n) is 14.5. The van der Waals surface area contributed by atoms with Crippen LogP contribution in [0.15, 0.2) is 29.1 Å². The Balaban J connectivity index is 1.68. The molecule has 0 amide bonds. The SMILES string of the molecule is Cc1nc2c(c(CO)nn2Cc2ccc(C3(C(F)(F)F)CC3)cc2)c(=O)[nH]1. The van der Waals surface area contributed by atoms with Gasteiger partial charge < -0.3 is 10.1 Å². The highest BCUT2D eigenvalue weighted by Gasteiger charge is 2.64. The summed E-state index contributed by atoms with van der Waals surface area (Å²) >= 11 is 0. The Morgan fingerprint density at radius 3 is 2.48 bits per heavy atom. The third kappa shape index (κ3) is 2.82. The lowest BCUT2D eigenvalue weighted by Crippen LogP contribution is -2.28. The van der Waals surface area contributed by atoms with Crippen LogP contribution in [0.25, 0.3) is 11.0 Å². The van der Waals surface area contributed by atoms with Gasteiger partial charge in [-0.25, -0.2) is 9.67 Å². The lowest BCUT2D eigenvalue weighted by Gasteiger charge is -2.19. The van der Waals surface area contributed by atoms with Crippen molar-refractivity contribution in [3.8, 4) is 0 Å². The summed E-state index contributed by atoms with van der Waals surface area (Å²) in [7, 11) is 0. The molecule has 142 valence electrons. The van der Waals surface area contributed by atoms with E-state index in [1.165, 1.54) is 16.8 Å². The topological polar surface area (TPSA) is 83.8 Å². The van der Waals surface area contributed by atoms with Crippen LogP contribution in [0, 0.1) is 6.92 Å². The van der Waals surface area contributed by atoms with E-state index in [4.69, 9.17) is 0 Å². The largest absolute Gasteiger partial charge is 0.398 e. The van der Waals surface area contributed by atoms with Gasteiger partial charge in [0.25, 0.3) is 5.56 Å². The molecule has 0 spiro atoms. The summed E-state index contributed by atoms with van der Waals surface area (Å²) in [5.41, 5.74) is -0.553. The summed E-state index contributed by atoms with van der Waals surface area (Å²) in [4.78, 5) is 19.0. The van der Waals surface area contributed by atoms with Gasteiger partial charge in [-0.1, -0.05) is 24.3 Å². The molecule has 2 heterocycles. The van der Waals surface area contributed by atoms with Crippen LogP contribution in [0.5, 0.6) is 0 Å². The van der Waals surface area contributed by atoms with Gasteiger partial charge in [-0.05, 0) is 30.9 Å². The third-order valence-electron chi connectivity index (χ3n) is 5.07. The van der Waals surface area contributed by atoms with Crippen molar-refractivity contribution in [1.82, 2.24) is 19.7 Å². The molecule has 2 aromatic heterocycles. The fourth-order valence-electron chi connectivity index (χ4n) is 3.44. The zero-order valence-corrected chi connectivity index (χ0v) is 14.5. The number of benzene rings is 1. The van der Waals surface area contributed by atoms with Crippen molar-refractivity contribution < 1.29 is 18.3 Å². The fourth-order valence-corrected chi connectivity index (χ4v) is 3.44. The number of nitrogens with zero attached hydrogens (tertiary/aromatic N) is 3. The van der Waals surface area contributed by atoms with Gasteiger partial charge in [-0.2, -0.15) is 18.3 Å². The molecule has 1 fully saturated rings. The number of aliphatic hydroxyl groups is 1. The lowest BCUT2D eigenvalue weighted by molar-refractivity contribution is -0.160. The van der Waals surface area contributed by atoms with E-state index in [0.717, 1.165) is 5.56 Å². The molecule has 1 saturated carbocycles. The number of H-pyrrole nitrogens is 1. The van der Waals surface area contributed by atoms with E-state index in [1.807, 2.05) is 0 Å². The van der Waals surface area contributed by atoms with Gasteiger partial charge >= 0.3 is 6.18 Å². The van der Waals surface area contributed by atoms with Crippen LogP contribution in [0.2, 0.25) is 0 Å². The molecule has 0 atom stereocenters. The van der Waals surface area contributed by atoms with Gasteiger partial charge in [0.05, 0.1) is 18.6 Å². The van der Waals surface area contributed by atoms with Gasteiger partial charge in [-0.15, -0.1) is 0 Å². The first kappa shape index (κ1) is 17.7. The molecular weight excluding hydrogens is 361 g/mol. The summed E-state index contributed by atoms with van der Waals surface area (Å²) in [5.74, 6) is 0.411. The smallest absolute Gasteiger partial charge is 0.390 e. The number of hydrogen-bond acceptors (Lipinski definition) is 4. The van der Waals surface area contributed by atoms with E-state index in [1.54, 1.807) is 19.1 Å². The maximum absolute atomic E-state index is 13.2. The molecule has 0 aliphatic heterocycles. The number of halogens is 3. The van der Waals surface area contributed by atoms with E-state index in [0.29, 0.717) is 11.5 Å². The van der Waals surface area contributed by atoms with Crippen molar-refractivity contribution >= 4 is 11.0 Å². The summed E-state index contributed by atoms with van der Waals surface area (Å²) in [6.07, 6.45) is -4.01. The lowest BCUT2D eigenvalue weighted by atomic mass is 9.94. The average Bonchev–Trinajstić information content (AvgIpc) is 3.35. The minimum Gasteiger partial charge on any atom is -0.390 e. The second-order valence-corrected chi connectivity index (χ2v) is 6.89. The number of aryl methyl sites for hydroxylation is 1. The first-order valence-corrected chi connectivity index (χ1v) is 8.48. The molecule has 4 rings (SSSR count). The Kier molecular flexibility index (Phi) is 3.88. The van der Waals surface area contributed by atoms with E-state index in [9.17, 15) is 23.1 Å². The van der Waals surface area contributed by atoms with Crippen LogP contribution in [0.4, 0.5) is 13.2 Å². The van der Waals surface area contributed by atoms with Crippen molar-refractivity contribution in [3.05, 3.63) is 57.3 Å². The first-order valence-electron chi connectivity index (χ1n) is 8.48. The zero-order chi connectivity index (χ0) is 19.4. The maximum Gasteiger partial charge on any atom is 0.398 e. The molecule has 2 N–H and O–H groups in total. The molecule has 1 aliphatic rings. The van der Waals surface area contributed by atoms with Crippen molar-refractivity contribution in [3.63, 3.8) is 0 Å². The maximum atomic E-state index is 13.2. The van der Waals surface area contributed by atoms with Gasteiger partial charge in [-0.3, -0.25) is 4.79 Å². The Morgan fingerprint density at radius 1 is 1.26 bits per heavy atom. The molecule has 9 heteroatoms. The second kappa shape index (κ2) is 5.91. The number of aliphatic hydroxyl groups excluding tert-OH is 1. The normalized spacial score (nSPS) is 16.0. The molecule has 6 nitrogen and oxygen atoms in total. The van der Waals surface area contributed by atoms with Gasteiger partial charge in [0.1, 0.15) is 16.9 Å². The Hall–Kier alpha value is -2.68. The Labute approximate surface area is 151 Å². The summed E-state index contributed by atoms with van der Waals surface area (Å²) in [6.45, 7) is 1.45. The minimum absolute atomic E-state index is 0.117. The second-order valence-electron chi connectivity index (χ2n) is 6.89. The van der Waals surface area contributed by atoms with Crippen LogP contribution in [0.3, 0.4) is 0 Å². The number of hydrogen-bond donors (Lipinski definition) is 2. The number of alkyl halides is 3. The molecule has 0 bridgehead atoms. The van der Waals surface area contributed by atoms with Crippen molar-refractivity contribution in [1.29, 1.82) is 0 Å². The molecule has 0 unspecified atom stereocenters. The Bertz CT molecular complexity index is 1060. The predicted octanol–water partition coefficient (Wildman–Crippen LogP) is 2.56. The third-order valence-corrected chi connectivity index (χ3v) is 5.07. The first-order chi connectivity index (χ1) is 12.7. The number of aromatic amines is 1. The number of aromatic nitrogens is 4. The van der Waals surface area contributed by atoms with Crippen molar-refractivity contribution in [2.75, 3.05) is 0 Å². The van der Waals surface area contributed by atoms with Crippen LogP contribution >= 0.6 is 0 Å². The van der Waals surface area contributed by atoms with Crippen molar-refractivity contribution in [2.24, 2.45) is 0 Å². The molecular formula is C18H17F3N4O2. The van der Waals surface area contributed by atoms with Gasteiger partial charge in [0.2, 0.25) is 0 Å². The fraction of sp³-hybridized carbons (Fsp3) is 0.389. The molecule has 1 aliphatic carbocycles. The van der Waals surface area contributed by atoms with Crippen molar-refractivity contribution in [2.45, 2.75) is 44.5 Å². The Morgan fingerprint density at radius 2 is 1.93 bits per heavy atom. The van der Waals surface area contributed by atoms with E-state index < -0.39 is 18.2 Å². The molecule has 27 heavy (non-hydrogen) atoms. The highest BCUT2D eigenvalue weighted by Crippen LogP contribution is 2.58. The van der Waals surface area contributed by atoms with Gasteiger partial charge in [0.15, 0.2) is 5.65 Å². The highest BCUT2D eigenvalue weighted by atomic mass is 19.4. The number of fused-ring (bicyclic) bond motifs is 1. The molecule has 0 saturated heterocycles. The quantitative estimate of drug-likeness (QED) is 0.731. The van der Waals surface area contributed by atoms with Crippen LogP contribution in [0.1, 0.15) is 35.5 Å². The number of nitrogens with one attached hydrogen (secondary N) is 1. The molecule has 3 aromatic rings. The summed E-state index contributed by atoms with van der Waals surface area (Å²) in [6, 6.07) is 6.26. The highest BCUT2D eigenvalue weighted by molar-refractivity contribution is 5.77. The monoisotopic (exact) mass is 378 g/mol. The van der Waals surface area contributed by atoms with Crippen LogP contribution in [-0.4, -0.2) is 31.0 Å². The van der Waals surface area contributed by atoms with E-state index in [-0.39, 0.29) is 41.6 Å². The average molecular weight is 378 g/mol. The number of rotatable bonds is 4. The van der Waals surface area contributed by atoms with E-state index in [2.05, 4.69) is 15.1 Å². The predicted molar refractivity (Wildman–Crippen MR) is 91.3 cm³/mol. The summed E-state index contributed by atoms with van der Waals surface area (Å²) < 4.78 is 41.2. The van der Waals surface area contributed by atoms with E-state index >= 15 is 0 Å². The molecule has 0 radical (unpaired) electrons. The minimum atomic E-state index is -4.24. The summed E-state index contributed by atoms with van der Waals surface area (Å²) in [5, 5.41) is 13.9. The standard InChI is InChI=1S/C18H17F3N4O2/c1-10-22-15-14(16(27)23-10)13(9-26)24-25(15)8-11-2-4-12(5-3-11)17(6-7-17)18(19,20)21/h2-5,26H,6-9H2,1H3,(H,22,23,27). The van der Waals surface area contributed by atoms with Crippen LogP contribution < -0.4 is 5.56 Å². The van der Waals surface area contributed by atoms with Crippen LogP contribution in [-0.2, 0) is 18.6 Å². The van der Waals surface area contributed by atoms with Gasteiger partial charge in [0, 0.05) is 0 Å². The molecule has 1 aromatic carbocycles.